The van der Waals surface area contributed by atoms with Gasteiger partial charge in [0.25, 0.3) is 5.91 Å². The summed E-state index contributed by atoms with van der Waals surface area (Å²) in [5.41, 5.74) is 3.43. The minimum Gasteiger partial charge on any atom is -0.335 e. The van der Waals surface area contributed by atoms with Crippen molar-refractivity contribution in [2.45, 2.75) is 27.2 Å². The van der Waals surface area contributed by atoms with E-state index in [1.165, 1.54) is 5.56 Å². The van der Waals surface area contributed by atoms with Crippen molar-refractivity contribution in [3.8, 4) is 0 Å². The number of hydrogen-bond donors (Lipinski definition) is 1. The second-order valence-electron chi connectivity index (χ2n) is 6.62. The molecule has 1 N–H and O–H groups in total. The van der Waals surface area contributed by atoms with Crippen LogP contribution in [0.2, 0.25) is 0 Å². The van der Waals surface area contributed by atoms with Gasteiger partial charge in [-0.05, 0) is 43.7 Å². The first-order valence-corrected chi connectivity index (χ1v) is 9.32. The van der Waals surface area contributed by atoms with Gasteiger partial charge in [-0.15, -0.1) is 0 Å². The summed E-state index contributed by atoms with van der Waals surface area (Å²) in [6.07, 6.45) is 1.01. The summed E-state index contributed by atoms with van der Waals surface area (Å²) in [7, 11) is 0. The van der Waals surface area contributed by atoms with E-state index in [0.29, 0.717) is 11.6 Å². The fourth-order valence-electron chi connectivity index (χ4n) is 3.12. The summed E-state index contributed by atoms with van der Waals surface area (Å²) in [6, 6.07) is 9.95. The zero-order valence-corrected chi connectivity index (χ0v) is 15.8. The maximum Gasteiger partial charge on any atom is 0.272 e. The number of carbonyl (C=O) groups excluding carboxylic acids is 1. The van der Waals surface area contributed by atoms with E-state index >= 15 is 0 Å². The van der Waals surface area contributed by atoms with Crippen molar-refractivity contribution in [1.29, 1.82) is 0 Å². The number of rotatable bonds is 5. The highest BCUT2D eigenvalue weighted by Gasteiger charge is 2.23. The Hall–Kier alpha value is -2.47. The molecule has 1 amide bonds. The Labute approximate surface area is 155 Å². The van der Waals surface area contributed by atoms with E-state index in [1.807, 2.05) is 24.0 Å². The maximum absolute atomic E-state index is 12.8. The van der Waals surface area contributed by atoms with Gasteiger partial charge in [-0.3, -0.25) is 4.79 Å². The van der Waals surface area contributed by atoms with E-state index in [1.54, 1.807) is 6.07 Å². The summed E-state index contributed by atoms with van der Waals surface area (Å²) >= 11 is 0. The van der Waals surface area contributed by atoms with Crippen molar-refractivity contribution in [3.05, 3.63) is 47.3 Å². The van der Waals surface area contributed by atoms with E-state index in [0.717, 1.165) is 50.5 Å². The number of likely N-dealkylation sites (N-methyl/N-ethyl adjacent to an activating group) is 1. The van der Waals surface area contributed by atoms with Gasteiger partial charge >= 0.3 is 0 Å². The van der Waals surface area contributed by atoms with E-state index < -0.39 is 0 Å². The Morgan fingerprint density at radius 2 is 1.77 bits per heavy atom. The number of benzene rings is 1. The lowest BCUT2D eigenvalue weighted by Gasteiger charge is -2.33. The van der Waals surface area contributed by atoms with Crippen LogP contribution in [0.15, 0.2) is 30.3 Å². The molecule has 0 unspecified atom stereocenters. The van der Waals surface area contributed by atoms with Crippen LogP contribution < -0.4 is 5.32 Å². The molecule has 0 atom stereocenters. The summed E-state index contributed by atoms with van der Waals surface area (Å²) in [4.78, 5) is 25.9. The first kappa shape index (κ1) is 18.3. The number of nitrogens with zero attached hydrogens (tertiary/aromatic N) is 4. The van der Waals surface area contributed by atoms with Gasteiger partial charge < -0.3 is 15.1 Å². The molecule has 1 aliphatic rings. The van der Waals surface area contributed by atoms with E-state index in [4.69, 9.17) is 0 Å². The average Bonchev–Trinajstić information content (AvgIpc) is 2.67. The number of anilines is 2. The van der Waals surface area contributed by atoms with Crippen LogP contribution in [0.25, 0.3) is 0 Å². The standard InChI is InChI=1S/C20H27N5O/c1-4-16-6-8-17(9-7-16)22-20-21-15(3)14-18(23-20)19(26)25-12-10-24(5-2)11-13-25/h6-9,14H,4-5,10-13H2,1-3H3,(H,21,22,23). The molecular formula is C20H27N5O. The van der Waals surface area contributed by atoms with Crippen molar-refractivity contribution in [2.75, 3.05) is 38.0 Å². The van der Waals surface area contributed by atoms with Crippen molar-refractivity contribution in [1.82, 2.24) is 19.8 Å². The van der Waals surface area contributed by atoms with Crippen molar-refractivity contribution < 1.29 is 4.79 Å². The molecule has 6 nitrogen and oxygen atoms in total. The minimum atomic E-state index is -0.0179. The molecule has 0 saturated carbocycles. The second kappa shape index (κ2) is 8.27. The van der Waals surface area contributed by atoms with Crippen LogP contribution in [0.3, 0.4) is 0 Å². The fraction of sp³-hybridized carbons (Fsp3) is 0.450. The molecule has 0 spiro atoms. The lowest BCUT2D eigenvalue weighted by molar-refractivity contribution is 0.0637. The summed E-state index contributed by atoms with van der Waals surface area (Å²) in [5.74, 6) is 0.445. The van der Waals surface area contributed by atoms with Crippen molar-refractivity contribution in [2.24, 2.45) is 0 Å². The Morgan fingerprint density at radius 1 is 1.08 bits per heavy atom. The zero-order chi connectivity index (χ0) is 18.5. The highest BCUT2D eigenvalue weighted by atomic mass is 16.2. The normalized spacial score (nSPS) is 15.1. The maximum atomic E-state index is 12.8. The predicted molar refractivity (Wildman–Crippen MR) is 104 cm³/mol. The monoisotopic (exact) mass is 353 g/mol. The SMILES string of the molecule is CCc1ccc(Nc2nc(C)cc(C(=O)N3CCN(CC)CC3)n2)cc1. The van der Waals surface area contributed by atoms with Crippen molar-refractivity contribution in [3.63, 3.8) is 0 Å². The fourth-order valence-corrected chi connectivity index (χ4v) is 3.12. The Morgan fingerprint density at radius 3 is 2.38 bits per heavy atom. The summed E-state index contributed by atoms with van der Waals surface area (Å²) in [5, 5.41) is 3.21. The Bertz CT molecular complexity index is 751. The number of carbonyl (C=O) groups is 1. The first-order valence-electron chi connectivity index (χ1n) is 9.32. The lowest BCUT2D eigenvalue weighted by Crippen LogP contribution is -2.48. The van der Waals surface area contributed by atoms with Crippen molar-refractivity contribution >= 4 is 17.5 Å². The van der Waals surface area contributed by atoms with Crippen LogP contribution in [-0.2, 0) is 6.42 Å². The van der Waals surface area contributed by atoms with Gasteiger partial charge in [-0.1, -0.05) is 26.0 Å². The molecule has 1 aromatic carbocycles. The van der Waals surface area contributed by atoms with E-state index in [9.17, 15) is 4.79 Å². The lowest BCUT2D eigenvalue weighted by atomic mass is 10.1. The molecule has 1 saturated heterocycles. The molecule has 1 aromatic heterocycles. The molecule has 1 fully saturated rings. The van der Waals surface area contributed by atoms with Gasteiger partial charge in [0, 0.05) is 37.6 Å². The molecule has 2 aromatic rings. The van der Waals surface area contributed by atoms with Gasteiger partial charge in [-0.2, -0.15) is 0 Å². The molecular weight excluding hydrogens is 326 g/mol. The second-order valence-corrected chi connectivity index (χ2v) is 6.62. The third kappa shape index (κ3) is 4.38. The number of aromatic nitrogens is 2. The van der Waals surface area contributed by atoms with E-state index in [2.05, 4.69) is 46.2 Å². The summed E-state index contributed by atoms with van der Waals surface area (Å²) in [6.45, 7) is 10.5. The van der Waals surface area contributed by atoms with Crippen LogP contribution in [0, 0.1) is 6.92 Å². The van der Waals surface area contributed by atoms with Crippen LogP contribution in [0.1, 0.15) is 35.6 Å². The molecule has 6 heteroatoms. The molecule has 26 heavy (non-hydrogen) atoms. The van der Waals surface area contributed by atoms with Crippen LogP contribution in [0.5, 0.6) is 0 Å². The molecule has 0 aliphatic carbocycles. The molecule has 2 heterocycles. The number of aryl methyl sites for hydroxylation is 2. The molecule has 0 radical (unpaired) electrons. The molecule has 0 bridgehead atoms. The zero-order valence-electron chi connectivity index (χ0n) is 15.8. The third-order valence-electron chi connectivity index (χ3n) is 4.80. The van der Waals surface area contributed by atoms with Crippen LogP contribution in [0.4, 0.5) is 11.6 Å². The smallest absolute Gasteiger partial charge is 0.272 e. The van der Waals surface area contributed by atoms with Gasteiger partial charge in [0.2, 0.25) is 5.95 Å². The Kier molecular flexibility index (Phi) is 5.83. The summed E-state index contributed by atoms with van der Waals surface area (Å²) < 4.78 is 0. The minimum absolute atomic E-state index is 0.0179. The highest BCUT2D eigenvalue weighted by molar-refractivity contribution is 5.92. The van der Waals surface area contributed by atoms with Crippen LogP contribution in [-0.4, -0.2) is 58.4 Å². The Balaban J connectivity index is 1.73. The van der Waals surface area contributed by atoms with Gasteiger partial charge in [0.05, 0.1) is 0 Å². The van der Waals surface area contributed by atoms with Gasteiger partial charge in [0.1, 0.15) is 5.69 Å². The largest absolute Gasteiger partial charge is 0.335 e. The van der Waals surface area contributed by atoms with Crippen LogP contribution >= 0.6 is 0 Å². The highest BCUT2D eigenvalue weighted by Crippen LogP contribution is 2.16. The van der Waals surface area contributed by atoms with E-state index in [-0.39, 0.29) is 5.91 Å². The topological polar surface area (TPSA) is 61.4 Å². The number of piperazine rings is 1. The quantitative estimate of drug-likeness (QED) is 0.896. The van der Waals surface area contributed by atoms with Gasteiger partial charge in [-0.25, -0.2) is 9.97 Å². The first-order chi connectivity index (χ1) is 12.6. The molecule has 3 rings (SSSR count). The molecule has 138 valence electrons. The number of hydrogen-bond acceptors (Lipinski definition) is 5. The predicted octanol–water partition coefficient (Wildman–Crippen LogP) is 2.87. The average molecular weight is 353 g/mol. The number of nitrogens with one attached hydrogen (secondary N) is 1. The molecule has 1 aliphatic heterocycles. The third-order valence-corrected chi connectivity index (χ3v) is 4.80. The number of amides is 1. The van der Waals surface area contributed by atoms with Gasteiger partial charge in [0.15, 0.2) is 0 Å².